The van der Waals surface area contributed by atoms with E-state index in [-0.39, 0.29) is 17.1 Å². The third-order valence-electron chi connectivity index (χ3n) is 6.43. The van der Waals surface area contributed by atoms with Crippen molar-refractivity contribution in [2.75, 3.05) is 18.5 Å². The van der Waals surface area contributed by atoms with E-state index in [1.165, 1.54) is 16.8 Å². The van der Waals surface area contributed by atoms with Crippen LogP contribution in [0.5, 0.6) is 0 Å². The highest BCUT2D eigenvalue weighted by atomic mass is 16.2. The zero-order chi connectivity index (χ0) is 18.2. The number of benzene rings is 2. The summed E-state index contributed by atoms with van der Waals surface area (Å²) < 4.78 is 0. The summed E-state index contributed by atoms with van der Waals surface area (Å²) in [4.78, 5) is 14.2. The zero-order valence-corrected chi connectivity index (χ0v) is 15.6. The second-order valence-corrected chi connectivity index (χ2v) is 7.83. The maximum Gasteiger partial charge on any atom is 0.315 e. The summed E-state index contributed by atoms with van der Waals surface area (Å²) in [6.45, 7) is 2.92. The van der Waals surface area contributed by atoms with Crippen LogP contribution in [-0.2, 0) is 5.54 Å². The molecule has 0 atom stereocenters. The molecule has 0 unspecified atom stereocenters. The second kappa shape index (κ2) is 6.35. The van der Waals surface area contributed by atoms with Gasteiger partial charge in [-0.2, -0.15) is 0 Å². The smallest absolute Gasteiger partial charge is 0.315 e. The Morgan fingerprint density at radius 2 is 1.58 bits per heavy atom. The number of nitrogens with zero attached hydrogens (tertiary/aromatic N) is 1. The van der Waals surface area contributed by atoms with Crippen molar-refractivity contribution in [1.29, 1.82) is 0 Å². The van der Waals surface area contributed by atoms with Gasteiger partial charge in [0.05, 0.1) is 11.1 Å². The average Bonchev–Trinajstić information content (AvgIpc) is 3.04. The number of nitrogens with one attached hydrogen (secondary N) is 2. The van der Waals surface area contributed by atoms with E-state index in [2.05, 4.69) is 84.1 Å². The van der Waals surface area contributed by atoms with E-state index in [1.54, 1.807) is 0 Å². The Balaban J connectivity index is 1.71. The van der Waals surface area contributed by atoms with E-state index in [0.717, 1.165) is 32.2 Å². The molecule has 4 rings (SSSR count). The first kappa shape index (κ1) is 17.0. The molecular weight excluding hydrogens is 322 g/mol. The van der Waals surface area contributed by atoms with Crippen LogP contribution in [0, 0.1) is 6.92 Å². The Morgan fingerprint density at radius 3 is 2.19 bits per heavy atom. The Hall–Kier alpha value is -2.49. The van der Waals surface area contributed by atoms with Crippen LogP contribution < -0.4 is 15.5 Å². The highest BCUT2D eigenvalue weighted by Crippen LogP contribution is 2.47. The number of aryl methyl sites for hydroxylation is 1. The highest BCUT2D eigenvalue weighted by Gasteiger charge is 2.48. The van der Waals surface area contributed by atoms with E-state index in [4.69, 9.17) is 0 Å². The average molecular weight is 349 g/mol. The molecule has 4 heteroatoms. The molecule has 136 valence electrons. The van der Waals surface area contributed by atoms with Gasteiger partial charge in [-0.25, -0.2) is 4.79 Å². The second-order valence-electron chi connectivity index (χ2n) is 7.83. The van der Waals surface area contributed by atoms with Crippen LogP contribution in [0.3, 0.4) is 0 Å². The summed E-state index contributed by atoms with van der Waals surface area (Å²) in [7, 11) is 2.22. The van der Waals surface area contributed by atoms with Crippen LogP contribution in [-0.4, -0.2) is 25.2 Å². The van der Waals surface area contributed by atoms with Crippen molar-refractivity contribution in [3.8, 4) is 0 Å². The van der Waals surface area contributed by atoms with Gasteiger partial charge in [0.1, 0.15) is 0 Å². The number of hydrogen-bond donors (Lipinski definition) is 2. The van der Waals surface area contributed by atoms with Crippen LogP contribution >= 0.6 is 0 Å². The van der Waals surface area contributed by atoms with Gasteiger partial charge in [-0.3, -0.25) is 0 Å². The van der Waals surface area contributed by atoms with Crippen LogP contribution in [0.15, 0.2) is 54.6 Å². The number of amides is 2. The number of carbonyl (C=O) groups excluding carboxylic acids is 1. The lowest BCUT2D eigenvalue weighted by Gasteiger charge is -2.51. The third kappa shape index (κ3) is 2.74. The molecule has 1 aliphatic heterocycles. The Bertz CT molecular complexity index is 794. The van der Waals surface area contributed by atoms with Crippen LogP contribution in [0.1, 0.15) is 36.8 Å². The minimum absolute atomic E-state index is 0.0236. The summed E-state index contributed by atoms with van der Waals surface area (Å²) in [6.07, 6.45) is 4.00. The fraction of sp³-hybridized carbons (Fsp3) is 0.409. The number of carbonyl (C=O) groups is 1. The van der Waals surface area contributed by atoms with E-state index >= 15 is 0 Å². The molecule has 0 bridgehead atoms. The van der Waals surface area contributed by atoms with E-state index in [9.17, 15) is 4.79 Å². The zero-order valence-electron chi connectivity index (χ0n) is 15.6. The third-order valence-corrected chi connectivity index (χ3v) is 6.43. The Morgan fingerprint density at radius 1 is 0.923 bits per heavy atom. The molecule has 1 aliphatic carbocycles. The summed E-state index contributed by atoms with van der Waals surface area (Å²) in [5.74, 6) is 0. The standard InChI is InChI=1S/C22H27N3O/c1-17-8-6-7-11-19(17)25(2)22(18-9-4-3-5-10-18)14-12-21(13-15-22)16-23-20(26)24-21/h3-11H,12-16H2,1-2H3,(H2,23,24,26)/t21-,22-. The van der Waals surface area contributed by atoms with Crippen molar-refractivity contribution in [3.63, 3.8) is 0 Å². The van der Waals surface area contributed by atoms with Crippen molar-refractivity contribution in [2.45, 2.75) is 43.7 Å². The summed E-state index contributed by atoms with van der Waals surface area (Å²) in [5, 5.41) is 6.13. The maximum absolute atomic E-state index is 11.7. The summed E-state index contributed by atoms with van der Waals surface area (Å²) in [5.41, 5.74) is 3.80. The molecule has 1 heterocycles. The van der Waals surface area contributed by atoms with Gasteiger partial charge >= 0.3 is 6.03 Å². The predicted octanol–water partition coefficient (Wildman–Crippen LogP) is 3.95. The lowest BCUT2D eigenvalue weighted by atomic mass is 9.68. The van der Waals surface area contributed by atoms with Crippen LogP contribution in [0.4, 0.5) is 10.5 Å². The fourth-order valence-electron chi connectivity index (χ4n) is 4.76. The van der Waals surface area contributed by atoms with Crippen LogP contribution in [0.25, 0.3) is 0 Å². The molecule has 2 amide bonds. The van der Waals surface area contributed by atoms with Gasteiger partial charge in [-0.05, 0) is 49.8 Å². The lowest BCUT2D eigenvalue weighted by molar-refractivity contribution is 0.186. The first-order valence-corrected chi connectivity index (χ1v) is 9.46. The molecule has 0 aromatic heterocycles. The molecule has 1 saturated heterocycles. The largest absolute Gasteiger partial charge is 0.365 e. The normalized spacial score (nSPS) is 27.8. The molecule has 2 aromatic carbocycles. The number of rotatable bonds is 3. The molecular formula is C22H27N3O. The van der Waals surface area contributed by atoms with Gasteiger partial charge in [-0.15, -0.1) is 0 Å². The lowest BCUT2D eigenvalue weighted by Crippen LogP contribution is -2.55. The highest BCUT2D eigenvalue weighted by molar-refractivity contribution is 5.77. The molecule has 4 nitrogen and oxygen atoms in total. The molecule has 0 radical (unpaired) electrons. The predicted molar refractivity (Wildman–Crippen MR) is 105 cm³/mol. The molecule has 1 spiro atoms. The maximum atomic E-state index is 11.7. The number of hydrogen-bond acceptors (Lipinski definition) is 2. The monoisotopic (exact) mass is 349 g/mol. The first-order chi connectivity index (χ1) is 12.5. The summed E-state index contributed by atoms with van der Waals surface area (Å²) in [6, 6.07) is 19.4. The quantitative estimate of drug-likeness (QED) is 0.881. The Labute approximate surface area is 155 Å². The molecule has 2 aliphatic rings. The van der Waals surface area contributed by atoms with Crippen molar-refractivity contribution < 1.29 is 4.79 Å². The van der Waals surface area contributed by atoms with Gasteiger partial charge in [0.15, 0.2) is 0 Å². The molecule has 2 aromatic rings. The molecule has 2 N–H and O–H groups in total. The van der Waals surface area contributed by atoms with Gasteiger partial charge in [0.2, 0.25) is 0 Å². The fourth-order valence-corrected chi connectivity index (χ4v) is 4.76. The van der Waals surface area contributed by atoms with Crippen molar-refractivity contribution in [3.05, 3.63) is 65.7 Å². The number of para-hydroxylation sites is 1. The van der Waals surface area contributed by atoms with Crippen molar-refractivity contribution in [1.82, 2.24) is 10.6 Å². The summed E-state index contributed by atoms with van der Waals surface area (Å²) >= 11 is 0. The minimum atomic E-state index is -0.0814. The number of urea groups is 1. The first-order valence-electron chi connectivity index (χ1n) is 9.46. The van der Waals surface area contributed by atoms with Gasteiger partial charge in [0, 0.05) is 19.3 Å². The molecule has 26 heavy (non-hydrogen) atoms. The van der Waals surface area contributed by atoms with E-state index in [0.29, 0.717) is 0 Å². The van der Waals surface area contributed by atoms with Crippen molar-refractivity contribution >= 4 is 11.7 Å². The van der Waals surface area contributed by atoms with Gasteiger partial charge < -0.3 is 15.5 Å². The van der Waals surface area contributed by atoms with Crippen molar-refractivity contribution in [2.24, 2.45) is 0 Å². The van der Waals surface area contributed by atoms with Crippen LogP contribution in [0.2, 0.25) is 0 Å². The van der Waals surface area contributed by atoms with E-state index in [1.807, 2.05) is 0 Å². The molecule has 1 saturated carbocycles. The minimum Gasteiger partial charge on any atom is -0.365 e. The van der Waals surface area contributed by atoms with E-state index < -0.39 is 0 Å². The SMILES string of the molecule is Cc1ccccc1N(C)[C@]1(c2ccccc2)CC[C@@]2(CC1)CNC(=O)N2. The number of anilines is 1. The topological polar surface area (TPSA) is 44.4 Å². The molecule has 2 fully saturated rings. The Kier molecular flexibility index (Phi) is 4.14. The van der Waals surface area contributed by atoms with Gasteiger partial charge in [-0.1, -0.05) is 48.5 Å². The van der Waals surface area contributed by atoms with Gasteiger partial charge in [0.25, 0.3) is 0 Å².